The topological polar surface area (TPSA) is 63.2 Å². The number of carbonyl (C=O) groups is 1. The lowest BCUT2D eigenvalue weighted by Gasteiger charge is -2.25. The summed E-state index contributed by atoms with van der Waals surface area (Å²) in [4.78, 5) is 20.7. The fraction of sp³-hybridized carbons (Fsp3) is 0.231. The number of oxime groups is 1. The van der Waals surface area contributed by atoms with E-state index in [-0.39, 0.29) is 12.1 Å². The highest BCUT2D eigenvalue weighted by molar-refractivity contribution is 6.01. The van der Waals surface area contributed by atoms with Crippen molar-refractivity contribution in [1.29, 1.82) is 0 Å². The molecule has 0 aliphatic carbocycles. The lowest BCUT2D eigenvalue weighted by molar-refractivity contribution is 0.0608. The molecule has 0 saturated carbocycles. The summed E-state index contributed by atoms with van der Waals surface area (Å²) in [7, 11) is 1.59. The molecule has 0 fully saturated rings. The molecule has 4 rings (SSSR count). The van der Waals surface area contributed by atoms with Gasteiger partial charge in [0.2, 0.25) is 0 Å². The Kier molecular flexibility index (Phi) is 6.70. The van der Waals surface area contributed by atoms with E-state index >= 15 is 0 Å². The van der Waals surface area contributed by atoms with Crippen LogP contribution in [0.1, 0.15) is 23.1 Å². The van der Waals surface area contributed by atoms with Crippen molar-refractivity contribution < 1.29 is 14.4 Å². The van der Waals surface area contributed by atoms with Gasteiger partial charge in [-0.15, -0.1) is 0 Å². The van der Waals surface area contributed by atoms with E-state index in [1.165, 1.54) is 5.56 Å². The van der Waals surface area contributed by atoms with E-state index in [2.05, 4.69) is 41.7 Å². The quantitative estimate of drug-likeness (QED) is 0.559. The minimum Gasteiger partial charge on any atom is -0.495 e. The number of amides is 2. The summed E-state index contributed by atoms with van der Waals surface area (Å²) in [6.07, 6.45) is 0.439. The van der Waals surface area contributed by atoms with Crippen LogP contribution in [0.15, 0.2) is 84.0 Å². The van der Waals surface area contributed by atoms with E-state index in [1.807, 2.05) is 54.6 Å². The molecule has 3 aromatic rings. The Morgan fingerprint density at radius 2 is 1.78 bits per heavy atom. The van der Waals surface area contributed by atoms with Crippen LogP contribution in [0, 0.1) is 6.92 Å². The van der Waals surface area contributed by atoms with Crippen molar-refractivity contribution in [3.05, 3.63) is 95.6 Å². The molecule has 1 heterocycles. The molecule has 6 nitrogen and oxygen atoms in total. The van der Waals surface area contributed by atoms with Crippen molar-refractivity contribution >= 4 is 17.4 Å². The van der Waals surface area contributed by atoms with Gasteiger partial charge in [-0.25, -0.2) is 4.79 Å². The summed E-state index contributed by atoms with van der Waals surface area (Å²) in [5.41, 5.74) is 4.82. The van der Waals surface area contributed by atoms with E-state index in [0.29, 0.717) is 30.9 Å². The van der Waals surface area contributed by atoms with Crippen LogP contribution in [0.2, 0.25) is 0 Å². The summed E-state index contributed by atoms with van der Waals surface area (Å²) < 4.78 is 5.37. The van der Waals surface area contributed by atoms with E-state index in [4.69, 9.17) is 9.57 Å². The normalized spacial score (nSPS) is 14.9. The number of hydrogen-bond donors (Lipinski definition) is 1. The molecular weight excluding hydrogens is 402 g/mol. The molecule has 0 bridgehead atoms. The Hall–Kier alpha value is -3.80. The predicted molar refractivity (Wildman–Crippen MR) is 126 cm³/mol. The van der Waals surface area contributed by atoms with Crippen molar-refractivity contribution in [3.8, 4) is 5.75 Å². The maximum absolute atomic E-state index is 13.2. The summed E-state index contributed by atoms with van der Waals surface area (Å²) >= 11 is 0. The molecule has 1 atom stereocenters. The zero-order valence-corrected chi connectivity index (χ0v) is 18.3. The van der Waals surface area contributed by atoms with Gasteiger partial charge in [-0.2, -0.15) is 0 Å². The minimum atomic E-state index is -0.217. The van der Waals surface area contributed by atoms with Crippen molar-refractivity contribution in [2.45, 2.75) is 26.0 Å². The first-order valence-corrected chi connectivity index (χ1v) is 10.6. The number of anilines is 1. The summed E-state index contributed by atoms with van der Waals surface area (Å²) in [6.45, 7) is 2.93. The molecule has 164 valence electrons. The van der Waals surface area contributed by atoms with Gasteiger partial charge in [0.15, 0.2) is 6.10 Å². The smallest absolute Gasteiger partial charge is 0.322 e. The first-order chi connectivity index (χ1) is 15.6. The van der Waals surface area contributed by atoms with E-state index in [9.17, 15) is 4.79 Å². The Morgan fingerprint density at radius 3 is 2.53 bits per heavy atom. The van der Waals surface area contributed by atoms with Gasteiger partial charge in [0.1, 0.15) is 5.75 Å². The maximum Gasteiger partial charge on any atom is 0.322 e. The molecule has 1 N–H and O–H groups in total. The highest BCUT2D eigenvalue weighted by atomic mass is 16.6. The highest BCUT2D eigenvalue weighted by Gasteiger charge is 2.27. The maximum atomic E-state index is 13.2. The van der Waals surface area contributed by atoms with Gasteiger partial charge in [-0.3, -0.25) is 0 Å². The highest BCUT2D eigenvalue weighted by Crippen LogP contribution is 2.24. The third-order valence-electron chi connectivity index (χ3n) is 5.39. The molecule has 0 saturated heterocycles. The number of aryl methyl sites for hydroxylation is 1. The Bertz CT molecular complexity index is 1080. The lowest BCUT2D eigenvalue weighted by Crippen LogP contribution is -2.40. The number of carbonyl (C=O) groups excluding carboxylic acids is 1. The van der Waals surface area contributed by atoms with Crippen LogP contribution in [0.5, 0.6) is 5.75 Å². The zero-order valence-electron chi connectivity index (χ0n) is 18.3. The number of methoxy groups -OCH3 is 1. The number of urea groups is 1. The summed E-state index contributed by atoms with van der Waals surface area (Å²) in [6, 6.07) is 25.3. The standard InChI is InChI=1S/C26H27N3O3/c1-19-12-14-21(15-13-19)24-16-22(32-28-24)18-29(17-20-8-4-3-5-9-20)26(30)27-23-10-6-7-11-25(23)31-2/h3-15,22H,16-18H2,1-2H3,(H,27,30)/t22-/m1/s1. The van der Waals surface area contributed by atoms with Crippen molar-refractivity contribution in [1.82, 2.24) is 4.90 Å². The van der Waals surface area contributed by atoms with Crippen molar-refractivity contribution in [2.75, 3.05) is 19.0 Å². The molecule has 0 spiro atoms. The Morgan fingerprint density at radius 1 is 1.06 bits per heavy atom. The molecule has 2 amide bonds. The number of para-hydroxylation sites is 2. The molecule has 1 aliphatic heterocycles. The number of rotatable bonds is 7. The molecular formula is C26H27N3O3. The van der Waals surface area contributed by atoms with E-state index < -0.39 is 0 Å². The predicted octanol–water partition coefficient (Wildman–Crippen LogP) is 5.23. The fourth-order valence-corrected chi connectivity index (χ4v) is 3.65. The van der Waals surface area contributed by atoms with Crippen LogP contribution in [0.4, 0.5) is 10.5 Å². The van der Waals surface area contributed by atoms with Gasteiger partial charge >= 0.3 is 6.03 Å². The molecule has 32 heavy (non-hydrogen) atoms. The first kappa shape index (κ1) is 21.4. The number of ether oxygens (including phenoxy) is 1. The van der Waals surface area contributed by atoms with Crippen molar-refractivity contribution in [2.24, 2.45) is 5.16 Å². The van der Waals surface area contributed by atoms with Gasteiger partial charge in [-0.05, 0) is 30.2 Å². The van der Waals surface area contributed by atoms with Crippen LogP contribution in [-0.4, -0.2) is 36.4 Å². The molecule has 3 aromatic carbocycles. The number of nitrogens with zero attached hydrogens (tertiary/aromatic N) is 2. The largest absolute Gasteiger partial charge is 0.495 e. The SMILES string of the molecule is COc1ccccc1NC(=O)N(Cc1ccccc1)C[C@H]1CC(c2ccc(C)cc2)=NO1. The number of hydrogen-bond acceptors (Lipinski definition) is 4. The second-order valence-corrected chi connectivity index (χ2v) is 7.83. The van der Waals surface area contributed by atoms with Gasteiger partial charge in [0.25, 0.3) is 0 Å². The fourth-order valence-electron chi connectivity index (χ4n) is 3.65. The molecule has 0 radical (unpaired) electrons. The first-order valence-electron chi connectivity index (χ1n) is 10.6. The molecule has 0 unspecified atom stereocenters. The Labute approximate surface area is 188 Å². The second kappa shape index (κ2) is 10.0. The zero-order chi connectivity index (χ0) is 22.3. The van der Waals surface area contributed by atoms with Crippen LogP contribution >= 0.6 is 0 Å². The van der Waals surface area contributed by atoms with Gasteiger partial charge in [0, 0.05) is 13.0 Å². The minimum absolute atomic E-state index is 0.210. The molecule has 1 aliphatic rings. The van der Waals surface area contributed by atoms with Crippen molar-refractivity contribution in [3.63, 3.8) is 0 Å². The van der Waals surface area contributed by atoms with Crippen LogP contribution in [0.25, 0.3) is 0 Å². The van der Waals surface area contributed by atoms with E-state index in [0.717, 1.165) is 16.8 Å². The average molecular weight is 430 g/mol. The van der Waals surface area contributed by atoms with Crippen LogP contribution < -0.4 is 10.1 Å². The van der Waals surface area contributed by atoms with Crippen LogP contribution in [0.3, 0.4) is 0 Å². The van der Waals surface area contributed by atoms with Gasteiger partial charge < -0.3 is 19.8 Å². The molecule has 0 aromatic heterocycles. The third kappa shape index (κ3) is 5.27. The van der Waals surface area contributed by atoms with Crippen LogP contribution in [-0.2, 0) is 11.4 Å². The van der Waals surface area contributed by atoms with Gasteiger partial charge in [0.05, 0.1) is 25.1 Å². The molecule has 6 heteroatoms. The number of nitrogens with one attached hydrogen (secondary N) is 1. The van der Waals surface area contributed by atoms with E-state index in [1.54, 1.807) is 12.0 Å². The summed E-state index contributed by atoms with van der Waals surface area (Å²) in [5.74, 6) is 0.614. The third-order valence-corrected chi connectivity index (χ3v) is 5.39. The average Bonchev–Trinajstić information content (AvgIpc) is 3.28. The second-order valence-electron chi connectivity index (χ2n) is 7.83. The van der Waals surface area contributed by atoms with Gasteiger partial charge in [-0.1, -0.05) is 77.4 Å². The summed E-state index contributed by atoms with van der Waals surface area (Å²) in [5, 5.41) is 7.26. The number of benzene rings is 3. The monoisotopic (exact) mass is 429 g/mol. The lowest BCUT2D eigenvalue weighted by atomic mass is 10.0. The Balaban J connectivity index is 1.47.